The first kappa shape index (κ1) is 16.4. The number of nitrogens with one attached hydrogen (secondary N) is 3. The predicted molar refractivity (Wildman–Crippen MR) is 78.8 cm³/mol. The molecule has 0 radical (unpaired) electrons. The molecule has 1 aromatic rings. The number of sulfonamides is 1. The number of fused-ring (bicyclic) bond motifs is 1. The zero-order valence-electron chi connectivity index (χ0n) is 12.0. The number of carbonyl (C=O) groups is 2. The van der Waals surface area contributed by atoms with Crippen LogP contribution in [0.3, 0.4) is 0 Å². The molecule has 1 heterocycles. The van der Waals surface area contributed by atoms with Crippen LogP contribution in [0.25, 0.3) is 0 Å². The van der Waals surface area contributed by atoms with Gasteiger partial charge in [-0.05, 0) is 23.8 Å². The molecule has 3 N–H and O–H groups in total. The number of anilines is 1. The Morgan fingerprint density at radius 1 is 1.41 bits per heavy atom. The van der Waals surface area contributed by atoms with E-state index in [0.29, 0.717) is 24.4 Å². The lowest BCUT2D eigenvalue weighted by molar-refractivity contribution is -0.120. The maximum absolute atomic E-state index is 12.1. The molecule has 1 aliphatic heterocycles. The summed E-state index contributed by atoms with van der Waals surface area (Å²) in [5.74, 6) is -0.617. The Labute approximate surface area is 128 Å². The molecule has 0 saturated heterocycles. The van der Waals surface area contributed by atoms with Crippen molar-refractivity contribution in [3.8, 4) is 0 Å². The minimum atomic E-state index is -3.81. The van der Waals surface area contributed by atoms with Gasteiger partial charge in [0.2, 0.25) is 21.8 Å². The second-order valence-corrected chi connectivity index (χ2v) is 6.48. The summed E-state index contributed by atoms with van der Waals surface area (Å²) in [5, 5.41) is 5.13. The lowest BCUT2D eigenvalue weighted by Gasteiger charge is -2.08. The molecule has 0 bridgehead atoms. The van der Waals surface area contributed by atoms with Crippen molar-refractivity contribution in [2.24, 2.45) is 0 Å². The number of rotatable bonds is 7. The normalized spacial score (nSPS) is 13.6. The van der Waals surface area contributed by atoms with Gasteiger partial charge in [-0.15, -0.1) is 0 Å². The molecule has 22 heavy (non-hydrogen) atoms. The van der Waals surface area contributed by atoms with Crippen LogP contribution in [0, 0.1) is 0 Å². The van der Waals surface area contributed by atoms with Crippen molar-refractivity contribution in [2.75, 3.05) is 32.1 Å². The molecule has 8 nitrogen and oxygen atoms in total. The highest BCUT2D eigenvalue weighted by atomic mass is 32.2. The van der Waals surface area contributed by atoms with E-state index in [-0.39, 0.29) is 23.8 Å². The fraction of sp³-hybridized carbons (Fsp3) is 0.385. The summed E-state index contributed by atoms with van der Waals surface area (Å²) < 4.78 is 31.2. The van der Waals surface area contributed by atoms with Crippen LogP contribution in [0.5, 0.6) is 0 Å². The molecule has 2 amide bonds. The Morgan fingerprint density at radius 3 is 2.91 bits per heavy atom. The Balaban J connectivity index is 1.98. The number of methoxy groups -OCH3 is 1. The maximum atomic E-state index is 12.1. The highest BCUT2D eigenvalue weighted by Crippen LogP contribution is 2.25. The van der Waals surface area contributed by atoms with Crippen LogP contribution >= 0.6 is 0 Å². The number of benzene rings is 1. The summed E-state index contributed by atoms with van der Waals surface area (Å²) in [6.45, 7) is 0.300. The standard InChI is InChI=1S/C13H17N3O5S/c1-21-5-4-14-13(18)8-15-22(19,20)10-2-3-11-9(6-10)7-12(17)16-11/h2-3,6,15H,4-5,7-8H2,1H3,(H,14,18)(H,16,17). The van der Waals surface area contributed by atoms with E-state index in [0.717, 1.165) is 0 Å². The molecule has 0 saturated carbocycles. The third-order valence-corrected chi connectivity index (χ3v) is 4.46. The molecule has 0 aliphatic carbocycles. The zero-order valence-corrected chi connectivity index (χ0v) is 12.8. The van der Waals surface area contributed by atoms with Gasteiger partial charge in [0.1, 0.15) is 0 Å². The first-order chi connectivity index (χ1) is 10.4. The molecule has 0 spiro atoms. The van der Waals surface area contributed by atoms with Gasteiger partial charge < -0.3 is 15.4 Å². The van der Waals surface area contributed by atoms with Gasteiger partial charge >= 0.3 is 0 Å². The molecule has 0 unspecified atom stereocenters. The average Bonchev–Trinajstić information content (AvgIpc) is 2.84. The van der Waals surface area contributed by atoms with Gasteiger partial charge in [-0.2, -0.15) is 0 Å². The van der Waals surface area contributed by atoms with Crippen molar-refractivity contribution in [2.45, 2.75) is 11.3 Å². The fourth-order valence-electron chi connectivity index (χ4n) is 1.97. The number of hydrogen-bond donors (Lipinski definition) is 3. The second kappa shape index (κ2) is 6.86. The van der Waals surface area contributed by atoms with Gasteiger partial charge in [0.05, 0.1) is 24.5 Å². The van der Waals surface area contributed by atoms with Crippen LogP contribution in [-0.2, 0) is 30.8 Å². The monoisotopic (exact) mass is 327 g/mol. The quantitative estimate of drug-likeness (QED) is 0.569. The minimum Gasteiger partial charge on any atom is -0.383 e. The van der Waals surface area contributed by atoms with E-state index in [4.69, 9.17) is 4.74 Å². The van der Waals surface area contributed by atoms with Gasteiger partial charge in [0.15, 0.2) is 0 Å². The van der Waals surface area contributed by atoms with Gasteiger partial charge in [0.25, 0.3) is 0 Å². The van der Waals surface area contributed by atoms with Crippen molar-refractivity contribution >= 4 is 27.5 Å². The van der Waals surface area contributed by atoms with Crippen molar-refractivity contribution in [1.82, 2.24) is 10.0 Å². The summed E-state index contributed by atoms with van der Waals surface area (Å²) >= 11 is 0. The van der Waals surface area contributed by atoms with E-state index in [1.807, 2.05) is 0 Å². The van der Waals surface area contributed by atoms with Gasteiger partial charge in [-0.1, -0.05) is 0 Å². The molecular weight excluding hydrogens is 310 g/mol. The Kier molecular flexibility index (Phi) is 5.11. The van der Waals surface area contributed by atoms with Crippen molar-refractivity contribution in [3.05, 3.63) is 23.8 Å². The molecule has 0 fully saturated rings. The summed E-state index contributed by atoms with van der Waals surface area (Å²) in [6.07, 6.45) is 0.149. The maximum Gasteiger partial charge on any atom is 0.241 e. The van der Waals surface area contributed by atoms with Gasteiger partial charge in [-0.25, -0.2) is 13.1 Å². The van der Waals surface area contributed by atoms with Crippen LogP contribution in [0.2, 0.25) is 0 Å². The zero-order chi connectivity index (χ0) is 16.2. The van der Waals surface area contributed by atoms with Crippen LogP contribution in [0.1, 0.15) is 5.56 Å². The third kappa shape index (κ3) is 4.03. The lowest BCUT2D eigenvalue weighted by Crippen LogP contribution is -2.38. The summed E-state index contributed by atoms with van der Waals surface area (Å²) in [7, 11) is -2.30. The third-order valence-electron chi connectivity index (χ3n) is 3.06. The summed E-state index contributed by atoms with van der Waals surface area (Å²) in [6, 6.07) is 4.35. The Bertz CT molecular complexity index is 687. The molecule has 2 rings (SSSR count). The lowest BCUT2D eigenvalue weighted by atomic mass is 10.2. The molecule has 1 aliphatic rings. The van der Waals surface area contributed by atoms with E-state index in [9.17, 15) is 18.0 Å². The van der Waals surface area contributed by atoms with E-state index >= 15 is 0 Å². The first-order valence-corrected chi connectivity index (χ1v) is 8.09. The van der Waals surface area contributed by atoms with Gasteiger partial charge in [0, 0.05) is 19.3 Å². The first-order valence-electron chi connectivity index (χ1n) is 6.60. The number of hydrogen-bond acceptors (Lipinski definition) is 5. The van der Waals surface area contributed by atoms with E-state index in [1.54, 1.807) is 0 Å². The van der Waals surface area contributed by atoms with Crippen molar-refractivity contribution in [1.29, 1.82) is 0 Å². The van der Waals surface area contributed by atoms with Crippen LogP contribution in [0.15, 0.2) is 23.1 Å². The van der Waals surface area contributed by atoms with Crippen molar-refractivity contribution < 1.29 is 22.7 Å². The SMILES string of the molecule is COCCNC(=O)CNS(=O)(=O)c1ccc2c(c1)CC(=O)N2. The number of carbonyl (C=O) groups excluding carboxylic acids is 2. The van der Waals surface area contributed by atoms with Crippen LogP contribution in [-0.4, -0.2) is 47.0 Å². The van der Waals surface area contributed by atoms with Crippen LogP contribution < -0.4 is 15.4 Å². The largest absolute Gasteiger partial charge is 0.383 e. The molecular formula is C13H17N3O5S. The highest BCUT2D eigenvalue weighted by molar-refractivity contribution is 7.89. The molecule has 1 aromatic carbocycles. The number of amides is 2. The predicted octanol–water partition coefficient (Wildman–Crippen LogP) is -0.778. The number of ether oxygens (including phenoxy) is 1. The summed E-state index contributed by atoms with van der Waals surface area (Å²) in [4.78, 5) is 22.8. The average molecular weight is 327 g/mol. The molecule has 0 atom stereocenters. The topological polar surface area (TPSA) is 114 Å². The van der Waals surface area contributed by atoms with E-state index in [2.05, 4.69) is 15.4 Å². The van der Waals surface area contributed by atoms with E-state index in [1.165, 1.54) is 25.3 Å². The molecule has 9 heteroatoms. The van der Waals surface area contributed by atoms with Crippen molar-refractivity contribution in [3.63, 3.8) is 0 Å². The Hall–Kier alpha value is -1.97. The van der Waals surface area contributed by atoms with Crippen LogP contribution in [0.4, 0.5) is 5.69 Å². The summed E-state index contributed by atoms with van der Waals surface area (Å²) in [5.41, 5.74) is 1.23. The molecule has 120 valence electrons. The minimum absolute atomic E-state index is 0.0208. The molecule has 0 aromatic heterocycles. The Morgan fingerprint density at radius 2 is 2.18 bits per heavy atom. The fourth-order valence-corrected chi connectivity index (χ4v) is 3.00. The van der Waals surface area contributed by atoms with E-state index < -0.39 is 15.9 Å². The smallest absolute Gasteiger partial charge is 0.241 e. The second-order valence-electron chi connectivity index (χ2n) is 4.71. The van der Waals surface area contributed by atoms with Gasteiger partial charge in [-0.3, -0.25) is 9.59 Å². The highest BCUT2D eigenvalue weighted by Gasteiger charge is 2.22.